The Bertz CT molecular complexity index is 366. The van der Waals surface area contributed by atoms with Gasteiger partial charge in [-0.05, 0) is 18.7 Å². The third-order valence-electron chi connectivity index (χ3n) is 2.10. The standard InChI is InChI=1S/C11H16N2O3/c1-2-12-6-7-13-11(16)8-4-3-5-9(14)10(8)15/h3-5,12,14-15H,2,6-7H2,1H3,(H,13,16). The summed E-state index contributed by atoms with van der Waals surface area (Å²) in [5, 5.41) is 24.3. The highest BCUT2D eigenvalue weighted by molar-refractivity contribution is 5.97. The Morgan fingerprint density at radius 1 is 1.31 bits per heavy atom. The van der Waals surface area contributed by atoms with Gasteiger partial charge in [-0.15, -0.1) is 0 Å². The molecule has 0 aromatic heterocycles. The largest absolute Gasteiger partial charge is 0.504 e. The van der Waals surface area contributed by atoms with E-state index in [0.29, 0.717) is 13.1 Å². The number of nitrogens with one attached hydrogen (secondary N) is 2. The molecule has 1 rings (SSSR count). The molecule has 0 unspecified atom stereocenters. The molecule has 0 aliphatic heterocycles. The van der Waals surface area contributed by atoms with E-state index >= 15 is 0 Å². The van der Waals surface area contributed by atoms with Gasteiger partial charge in [-0.3, -0.25) is 4.79 Å². The van der Waals surface area contributed by atoms with Gasteiger partial charge in [-0.25, -0.2) is 0 Å². The summed E-state index contributed by atoms with van der Waals surface area (Å²) < 4.78 is 0. The number of amides is 1. The highest BCUT2D eigenvalue weighted by Crippen LogP contribution is 2.27. The number of rotatable bonds is 5. The SMILES string of the molecule is CCNCCNC(=O)c1cccc(O)c1O. The van der Waals surface area contributed by atoms with Crippen LogP contribution in [0.25, 0.3) is 0 Å². The summed E-state index contributed by atoms with van der Waals surface area (Å²) in [6, 6.07) is 4.29. The Labute approximate surface area is 94.1 Å². The fraction of sp³-hybridized carbons (Fsp3) is 0.364. The Kier molecular flexibility index (Phi) is 4.60. The van der Waals surface area contributed by atoms with Crippen LogP contribution >= 0.6 is 0 Å². The molecule has 0 bridgehead atoms. The summed E-state index contributed by atoms with van der Waals surface area (Å²) in [5.74, 6) is -1.07. The Morgan fingerprint density at radius 2 is 2.06 bits per heavy atom. The van der Waals surface area contributed by atoms with Gasteiger partial charge in [0.1, 0.15) is 0 Å². The number of likely N-dealkylation sites (N-methyl/N-ethyl adjacent to an activating group) is 1. The minimum Gasteiger partial charge on any atom is -0.504 e. The Morgan fingerprint density at radius 3 is 2.75 bits per heavy atom. The molecular weight excluding hydrogens is 208 g/mol. The molecule has 0 radical (unpaired) electrons. The molecule has 0 atom stereocenters. The van der Waals surface area contributed by atoms with Crippen LogP contribution in [0.2, 0.25) is 0 Å². The molecule has 88 valence electrons. The molecule has 0 fully saturated rings. The van der Waals surface area contributed by atoms with Gasteiger partial charge in [0.25, 0.3) is 5.91 Å². The topological polar surface area (TPSA) is 81.6 Å². The van der Waals surface area contributed by atoms with Crippen molar-refractivity contribution in [1.29, 1.82) is 0 Å². The van der Waals surface area contributed by atoms with Gasteiger partial charge in [0.2, 0.25) is 0 Å². The lowest BCUT2D eigenvalue weighted by Crippen LogP contribution is -2.31. The van der Waals surface area contributed by atoms with Gasteiger partial charge < -0.3 is 20.8 Å². The van der Waals surface area contributed by atoms with Crippen LogP contribution in [0.3, 0.4) is 0 Å². The molecule has 5 nitrogen and oxygen atoms in total. The fourth-order valence-electron chi connectivity index (χ4n) is 1.25. The molecule has 0 spiro atoms. The third kappa shape index (κ3) is 3.13. The lowest BCUT2D eigenvalue weighted by atomic mass is 10.1. The number of hydrogen-bond donors (Lipinski definition) is 4. The molecule has 0 aliphatic carbocycles. The van der Waals surface area contributed by atoms with Crippen molar-refractivity contribution in [2.75, 3.05) is 19.6 Å². The van der Waals surface area contributed by atoms with Crippen LogP contribution in [0, 0.1) is 0 Å². The van der Waals surface area contributed by atoms with Gasteiger partial charge in [0, 0.05) is 13.1 Å². The van der Waals surface area contributed by atoms with E-state index in [4.69, 9.17) is 0 Å². The average Bonchev–Trinajstić information content (AvgIpc) is 2.28. The van der Waals surface area contributed by atoms with Crippen molar-refractivity contribution in [3.05, 3.63) is 23.8 Å². The second kappa shape index (κ2) is 5.97. The Balaban J connectivity index is 2.56. The van der Waals surface area contributed by atoms with Crippen molar-refractivity contribution in [2.45, 2.75) is 6.92 Å². The molecule has 1 amide bonds. The Hall–Kier alpha value is -1.75. The quantitative estimate of drug-likeness (QED) is 0.432. The van der Waals surface area contributed by atoms with Crippen LogP contribution in [0.1, 0.15) is 17.3 Å². The van der Waals surface area contributed by atoms with E-state index in [9.17, 15) is 15.0 Å². The number of carbonyl (C=O) groups excluding carboxylic acids is 1. The number of aromatic hydroxyl groups is 2. The van der Waals surface area contributed by atoms with Crippen LogP contribution in [-0.4, -0.2) is 35.8 Å². The zero-order valence-electron chi connectivity index (χ0n) is 9.16. The summed E-state index contributed by atoms with van der Waals surface area (Å²) in [5.41, 5.74) is 0.0801. The second-order valence-corrected chi connectivity index (χ2v) is 3.28. The predicted molar refractivity (Wildman–Crippen MR) is 60.6 cm³/mol. The number of hydrogen-bond acceptors (Lipinski definition) is 4. The molecule has 16 heavy (non-hydrogen) atoms. The number of phenolic OH excluding ortho intramolecular Hbond substituents is 2. The summed E-state index contributed by atoms with van der Waals surface area (Å²) in [4.78, 5) is 11.6. The first-order valence-corrected chi connectivity index (χ1v) is 5.16. The maximum Gasteiger partial charge on any atom is 0.255 e. The van der Waals surface area contributed by atoms with E-state index in [1.807, 2.05) is 6.92 Å². The fourth-order valence-corrected chi connectivity index (χ4v) is 1.25. The molecule has 4 N–H and O–H groups in total. The first-order chi connectivity index (χ1) is 7.66. The number of para-hydroxylation sites is 1. The first kappa shape index (κ1) is 12.3. The summed E-state index contributed by atoms with van der Waals surface area (Å²) in [6.07, 6.45) is 0. The van der Waals surface area contributed by atoms with Crippen LogP contribution in [0.15, 0.2) is 18.2 Å². The summed E-state index contributed by atoms with van der Waals surface area (Å²) >= 11 is 0. The number of phenols is 2. The van der Waals surface area contributed by atoms with Crippen LogP contribution < -0.4 is 10.6 Å². The molecule has 0 saturated carbocycles. The first-order valence-electron chi connectivity index (χ1n) is 5.16. The highest BCUT2D eigenvalue weighted by Gasteiger charge is 2.12. The van der Waals surface area contributed by atoms with Crippen molar-refractivity contribution in [3.63, 3.8) is 0 Å². The van der Waals surface area contributed by atoms with Crippen LogP contribution in [0.5, 0.6) is 11.5 Å². The van der Waals surface area contributed by atoms with Crippen molar-refractivity contribution >= 4 is 5.91 Å². The second-order valence-electron chi connectivity index (χ2n) is 3.28. The summed E-state index contributed by atoms with van der Waals surface area (Å²) in [6.45, 7) is 3.96. The number of benzene rings is 1. The minimum absolute atomic E-state index is 0.0801. The van der Waals surface area contributed by atoms with Crippen molar-refractivity contribution in [2.24, 2.45) is 0 Å². The van der Waals surface area contributed by atoms with Gasteiger partial charge in [0.05, 0.1) is 5.56 Å². The molecule has 1 aromatic rings. The van der Waals surface area contributed by atoms with E-state index in [2.05, 4.69) is 10.6 Å². The van der Waals surface area contributed by atoms with E-state index < -0.39 is 5.91 Å². The van der Waals surface area contributed by atoms with Gasteiger partial charge >= 0.3 is 0 Å². The third-order valence-corrected chi connectivity index (χ3v) is 2.10. The lowest BCUT2D eigenvalue weighted by Gasteiger charge is -2.07. The van der Waals surface area contributed by atoms with Crippen molar-refractivity contribution in [1.82, 2.24) is 10.6 Å². The van der Waals surface area contributed by atoms with Crippen molar-refractivity contribution < 1.29 is 15.0 Å². The van der Waals surface area contributed by atoms with Crippen LogP contribution in [-0.2, 0) is 0 Å². The lowest BCUT2D eigenvalue weighted by molar-refractivity contribution is 0.0950. The molecular formula is C11H16N2O3. The zero-order chi connectivity index (χ0) is 12.0. The normalized spacial score (nSPS) is 10.1. The van der Waals surface area contributed by atoms with Crippen LogP contribution in [0.4, 0.5) is 0 Å². The van der Waals surface area contributed by atoms with E-state index in [-0.39, 0.29) is 17.1 Å². The van der Waals surface area contributed by atoms with Gasteiger partial charge in [-0.2, -0.15) is 0 Å². The zero-order valence-corrected chi connectivity index (χ0v) is 9.16. The van der Waals surface area contributed by atoms with E-state index in [1.54, 1.807) is 0 Å². The summed E-state index contributed by atoms with van der Waals surface area (Å²) in [7, 11) is 0. The maximum atomic E-state index is 11.6. The molecule has 1 aromatic carbocycles. The molecule has 5 heteroatoms. The molecule has 0 saturated heterocycles. The maximum absolute atomic E-state index is 11.6. The predicted octanol–water partition coefficient (Wildman–Crippen LogP) is 0.437. The monoisotopic (exact) mass is 224 g/mol. The highest BCUT2D eigenvalue weighted by atomic mass is 16.3. The van der Waals surface area contributed by atoms with E-state index in [0.717, 1.165) is 6.54 Å². The van der Waals surface area contributed by atoms with E-state index in [1.165, 1.54) is 18.2 Å². The average molecular weight is 224 g/mol. The minimum atomic E-state index is -0.397. The smallest absolute Gasteiger partial charge is 0.255 e. The van der Waals surface area contributed by atoms with Gasteiger partial charge in [0.15, 0.2) is 11.5 Å². The number of carbonyl (C=O) groups is 1. The molecule has 0 heterocycles. The van der Waals surface area contributed by atoms with Gasteiger partial charge in [-0.1, -0.05) is 13.0 Å². The van der Waals surface area contributed by atoms with Crippen molar-refractivity contribution in [3.8, 4) is 11.5 Å². The molecule has 0 aliphatic rings.